The Labute approximate surface area is 194 Å². The number of rotatable bonds is 5. The number of hydrogen-bond donors (Lipinski definition) is 1. The van der Waals surface area contributed by atoms with Gasteiger partial charge >= 0.3 is 0 Å². The first-order valence-corrected chi connectivity index (χ1v) is 12.0. The molecule has 7 nitrogen and oxygen atoms in total. The molecule has 7 heteroatoms. The van der Waals surface area contributed by atoms with E-state index in [1.54, 1.807) is 6.20 Å². The number of morpholine rings is 1. The largest absolute Gasteiger partial charge is 0.378 e. The van der Waals surface area contributed by atoms with E-state index in [-0.39, 0.29) is 0 Å². The molecule has 3 aliphatic rings. The second kappa shape index (κ2) is 8.63. The van der Waals surface area contributed by atoms with Crippen molar-refractivity contribution in [1.82, 2.24) is 15.0 Å². The zero-order valence-corrected chi connectivity index (χ0v) is 19.1. The number of hydrogen-bond acceptors (Lipinski definition) is 7. The van der Waals surface area contributed by atoms with Crippen LogP contribution in [0.15, 0.2) is 48.8 Å². The van der Waals surface area contributed by atoms with Crippen LogP contribution in [-0.4, -0.2) is 53.8 Å². The third-order valence-corrected chi connectivity index (χ3v) is 7.21. The van der Waals surface area contributed by atoms with E-state index in [1.807, 2.05) is 12.3 Å². The number of anilines is 4. The average molecular weight is 443 g/mol. The summed E-state index contributed by atoms with van der Waals surface area (Å²) in [4.78, 5) is 18.7. The highest BCUT2D eigenvalue weighted by Crippen LogP contribution is 2.41. The molecular formula is C26H30N6O. The Balaban J connectivity index is 1.17. The lowest BCUT2D eigenvalue weighted by Crippen LogP contribution is -2.36. The van der Waals surface area contributed by atoms with Gasteiger partial charge < -0.3 is 19.9 Å². The molecule has 1 aliphatic carbocycles. The number of nitrogens with one attached hydrogen (secondary N) is 1. The Morgan fingerprint density at radius 1 is 1.03 bits per heavy atom. The quantitative estimate of drug-likeness (QED) is 0.628. The van der Waals surface area contributed by atoms with Gasteiger partial charge in [0.25, 0.3) is 0 Å². The van der Waals surface area contributed by atoms with Crippen molar-refractivity contribution >= 4 is 23.1 Å². The maximum absolute atomic E-state index is 5.43. The molecule has 170 valence electrons. The summed E-state index contributed by atoms with van der Waals surface area (Å²) in [7, 11) is 0. The molecule has 2 aromatic heterocycles. The number of aryl methyl sites for hydroxylation is 1. The number of fused-ring (bicyclic) bond motifs is 2. The van der Waals surface area contributed by atoms with Crippen molar-refractivity contribution in [2.45, 2.75) is 32.2 Å². The molecule has 3 aromatic rings. The molecule has 0 spiro atoms. The van der Waals surface area contributed by atoms with Gasteiger partial charge in [0.2, 0.25) is 5.95 Å². The van der Waals surface area contributed by atoms with E-state index in [0.717, 1.165) is 61.0 Å². The fourth-order valence-corrected chi connectivity index (χ4v) is 5.50. The molecule has 0 radical (unpaired) electrons. The minimum atomic E-state index is 0.595. The fraction of sp³-hybridized carbons (Fsp3) is 0.423. The van der Waals surface area contributed by atoms with Gasteiger partial charge in [-0.3, -0.25) is 0 Å². The molecule has 0 amide bonds. The van der Waals surface area contributed by atoms with E-state index >= 15 is 0 Å². The van der Waals surface area contributed by atoms with E-state index < -0.39 is 0 Å². The zero-order valence-electron chi connectivity index (χ0n) is 19.1. The molecule has 2 atom stereocenters. The third kappa shape index (κ3) is 4.13. The normalized spacial score (nSPS) is 22.1. The van der Waals surface area contributed by atoms with Crippen LogP contribution in [0.4, 0.5) is 23.1 Å². The number of pyridine rings is 1. The van der Waals surface area contributed by atoms with Gasteiger partial charge in [-0.1, -0.05) is 0 Å². The van der Waals surface area contributed by atoms with E-state index in [9.17, 15) is 0 Å². The molecule has 0 unspecified atom stereocenters. The lowest BCUT2D eigenvalue weighted by atomic mass is 10.1. The van der Waals surface area contributed by atoms with Crippen LogP contribution in [0.3, 0.4) is 0 Å². The molecule has 2 aliphatic heterocycles. The van der Waals surface area contributed by atoms with Gasteiger partial charge in [-0.05, 0) is 74.1 Å². The van der Waals surface area contributed by atoms with Crippen molar-refractivity contribution in [2.24, 2.45) is 5.92 Å². The fourth-order valence-electron chi connectivity index (χ4n) is 5.50. The maximum atomic E-state index is 5.43. The standard InChI is InChI=1S/C26H30N6O/c1-18-14-21(4-6-24(18)32-17-19-2-5-22(32)15-19)29-26-27-9-8-23(30-26)20-3-7-25(28-16-20)31-10-12-33-13-11-31/h3-4,6-9,14,16,19,22H,2,5,10-13,15,17H2,1H3,(H,27,29,30)/t19-,22+/m1/s1. The van der Waals surface area contributed by atoms with E-state index in [1.165, 1.54) is 37.1 Å². The predicted octanol–water partition coefficient (Wildman–Crippen LogP) is 4.42. The Hall–Kier alpha value is -3.19. The summed E-state index contributed by atoms with van der Waals surface area (Å²) in [6.45, 7) is 6.68. The van der Waals surface area contributed by atoms with Crippen LogP contribution in [0.1, 0.15) is 24.8 Å². The number of aromatic nitrogens is 3. The van der Waals surface area contributed by atoms with Gasteiger partial charge in [-0.2, -0.15) is 0 Å². The summed E-state index contributed by atoms with van der Waals surface area (Å²) in [5, 5.41) is 3.39. The maximum Gasteiger partial charge on any atom is 0.227 e. The van der Waals surface area contributed by atoms with Gasteiger partial charge in [0.1, 0.15) is 5.82 Å². The highest BCUT2D eigenvalue weighted by molar-refractivity contribution is 5.66. The Morgan fingerprint density at radius 3 is 2.67 bits per heavy atom. The van der Waals surface area contributed by atoms with Gasteiger partial charge in [0.05, 0.1) is 18.9 Å². The number of ether oxygens (including phenoxy) is 1. The van der Waals surface area contributed by atoms with Crippen LogP contribution in [0, 0.1) is 12.8 Å². The van der Waals surface area contributed by atoms with Gasteiger partial charge in [-0.25, -0.2) is 15.0 Å². The first-order valence-electron chi connectivity index (χ1n) is 12.0. The summed E-state index contributed by atoms with van der Waals surface area (Å²) in [5.74, 6) is 2.47. The zero-order chi connectivity index (χ0) is 22.2. The lowest BCUT2D eigenvalue weighted by molar-refractivity contribution is 0.122. The molecule has 33 heavy (non-hydrogen) atoms. The van der Waals surface area contributed by atoms with Crippen molar-refractivity contribution < 1.29 is 4.74 Å². The van der Waals surface area contributed by atoms with Gasteiger partial charge in [0.15, 0.2) is 0 Å². The molecule has 1 aromatic carbocycles. The summed E-state index contributed by atoms with van der Waals surface area (Å²) >= 11 is 0. The SMILES string of the molecule is Cc1cc(Nc2nccc(-c3ccc(N4CCOCC4)nc3)n2)ccc1N1C[C@@H]2CC[C@H]1C2. The smallest absolute Gasteiger partial charge is 0.227 e. The van der Waals surface area contributed by atoms with Gasteiger partial charge in [0, 0.05) is 55.0 Å². The lowest BCUT2D eigenvalue weighted by Gasteiger charge is -2.30. The van der Waals surface area contributed by atoms with Crippen LogP contribution in [0.25, 0.3) is 11.3 Å². The van der Waals surface area contributed by atoms with Crippen LogP contribution in [0.5, 0.6) is 0 Å². The monoisotopic (exact) mass is 442 g/mol. The van der Waals surface area contributed by atoms with Crippen molar-refractivity contribution in [3.05, 3.63) is 54.4 Å². The van der Waals surface area contributed by atoms with Crippen LogP contribution in [-0.2, 0) is 4.74 Å². The van der Waals surface area contributed by atoms with Gasteiger partial charge in [-0.15, -0.1) is 0 Å². The predicted molar refractivity (Wildman–Crippen MR) is 131 cm³/mol. The minimum Gasteiger partial charge on any atom is -0.378 e. The molecule has 3 fully saturated rings. The Bertz CT molecular complexity index is 1130. The summed E-state index contributed by atoms with van der Waals surface area (Å²) in [6.07, 6.45) is 7.79. The highest BCUT2D eigenvalue weighted by atomic mass is 16.5. The third-order valence-electron chi connectivity index (χ3n) is 7.21. The van der Waals surface area contributed by atoms with Crippen molar-refractivity contribution in [2.75, 3.05) is 48.0 Å². The highest BCUT2D eigenvalue weighted by Gasteiger charge is 2.38. The van der Waals surface area contributed by atoms with E-state index in [4.69, 9.17) is 9.72 Å². The van der Waals surface area contributed by atoms with Crippen molar-refractivity contribution in [1.29, 1.82) is 0 Å². The Morgan fingerprint density at radius 2 is 1.94 bits per heavy atom. The number of piperidine rings is 1. The van der Waals surface area contributed by atoms with Crippen LogP contribution >= 0.6 is 0 Å². The summed E-state index contributed by atoms with van der Waals surface area (Å²) in [6, 6.07) is 13.4. The van der Waals surface area contributed by atoms with Crippen LogP contribution in [0.2, 0.25) is 0 Å². The molecule has 1 saturated carbocycles. The average Bonchev–Trinajstić information content (AvgIpc) is 3.49. The molecule has 6 rings (SSSR count). The van der Waals surface area contributed by atoms with Crippen molar-refractivity contribution in [3.8, 4) is 11.3 Å². The molecule has 1 N–H and O–H groups in total. The van der Waals surface area contributed by atoms with Crippen molar-refractivity contribution in [3.63, 3.8) is 0 Å². The number of nitrogens with zero attached hydrogens (tertiary/aromatic N) is 5. The Kier molecular flexibility index (Phi) is 5.34. The minimum absolute atomic E-state index is 0.595. The first-order chi connectivity index (χ1) is 16.2. The second-order valence-corrected chi connectivity index (χ2v) is 9.38. The summed E-state index contributed by atoms with van der Waals surface area (Å²) in [5.41, 5.74) is 5.52. The summed E-state index contributed by atoms with van der Waals surface area (Å²) < 4.78 is 5.43. The number of benzene rings is 1. The first kappa shape index (κ1) is 20.4. The second-order valence-electron chi connectivity index (χ2n) is 9.38. The topological polar surface area (TPSA) is 66.4 Å². The van der Waals surface area contributed by atoms with E-state index in [2.05, 4.69) is 62.3 Å². The van der Waals surface area contributed by atoms with E-state index in [0.29, 0.717) is 5.95 Å². The molecule has 2 saturated heterocycles. The molecule has 2 bridgehead atoms. The molecular weight excluding hydrogens is 412 g/mol. The van der Waals surface area contributed by atoms with Crippen LogP contribution < -0.4 is 15.1 Å². The molecule has 4 heterocycles.